The lowest BCUT2D eigenvalue weighted by Gasteiger charge is -2.41. The Morgan fingerprint density at radius 3 is 1.92 bits per heavy atom. The highest BCUT2D eigenvalue weighted by Gasteiger charge is 2.44. The Bertz CT molecular complexity index is 2450. The fourth-order valence-electron chi connectivity index (χ4n) is 10.7. The maximum absolute atomic E-state index is 14.7. The molecule has 23 heteroatoms. The van der Waals surface area contributed by atoms with Gasteiger partial charge in [0, 0.05) is 54.0 Å². The van der Waals surface area contributed by atoms with Crippen molar-refractivity contribution in [3.63, 3.8) is 0 Å². The van der Waals surface area contributed by atoms with Gasteiger partial charge in [-0.05, 0) is 79.5 Å². The van der Waals surface area contributed by atoms with Gasteiger partial charge in [-0.15, -0.1) is 0 Å². The van der Waals surface area contributed by atoms with Crippen molar-refractivity contribution >= 4 is 59.2 Å². The number of rotatable bonds is 32. The third-order valence-electron chi connectivity index (χ3n) is 15.6. The van der Waals surface area contributed by atoms with E-state index >= 15 is 0 Å². The number of anilines is 1. The van der Waals surface area contributed by atoms with Crippen LogP contribution in [-0.4, -0.2) is 169 Å². The molecule has 0 spiro atoms. The Morgan fingerprint density at radius 1 is 0.747 bits per heavy atom. The van der Waals surface area contributed by atoms with Crippen molar-refractivity contribution in [2.24, 2.45) is 35.3 Å². The Kier molecular flexibility index (Phi) is 28.9. The van der Waals surface area contributed by atoms with E-state index in [2.05, 4.69) is 31.9 Å². The number of carbonyl (C=O) groups is 9. The first-order valence-electron chi connectivity index (χ1n) is 29.0. The number of urea groups is 1. The number of amides is 10. The highest BCUT2D eigenvalue weighted by Crippen LogP contribution is 2.30. The Hall–Kier alpha value is -6.85. The number of nitrogens with two attached hydrogens (primary N) is 1. The molecule has 1 aliphatic rings. The van der Waals surface area contributed by atoms with E-state index in [9.17, 15) is 48.3 Å². The van der Waals surface area contributed by atoms with Gasteiger partial charge in [-0.25, -0.2) is 9.59 Å². The van der Waals surface area contributed by atoms with Crippen LogP contribution in [-0.2, 0) is 54.4 Å². The minimum absolute atomic E-state index is 0.0813. The number of nitrogens with one attached hydrogen (secondary N) is 6. The zero-order valence-electron chi connectivity index (χ0n) is 51.5. The van der Waals surface area contributed by atoms with Crippen LogP contribution in [0, 0.1) is 29.6 Å². The summed E-state index contributed by atoms with van der Waals surface area (Å²) < 4.78 is 17.7. The number of hydrogen-bond acceptors (Lipinski definition) is 13. The van der Waals surface area contributed by atoms with Gasteiger partial charge in [-0.2, -0.15) is 0 Å². The predicted molar refractivity (Wildman–Crippen MR) is 315 cm³/mol. The highest BCUT2D eigenvalue weighted by molar-refractivity contribution is 5.98. The molecular weight excluding hydrogens is 1070 g/mol. The van der Waals surface area contributed by atoms with Crippen molar-refractivity contribution in [3.8, 4) is 0 Å². The van der Waals surface area contributed by atoms with Gasteiger partial charge < -0.3 is 66.8 Å². The van der Waals surface area contributed by atoms with Crippen molar-refractivity contribution in [2.45, 2.75) is 182 Å². The molecule has 12 atom stereocenters. The van der Waals surface area contributed by atoms with Crippen molar-refractivity contribution in [3.05, 3.63) is 65.7 Å². The first-order valence-corrected chi connectivity index (χ1v) is 29.0. The Morgan fingerprint density at radius 2 is 1.37 bits per heavy atom. The summed E-state index contributed by atoms with van der Waals surface area (Å²) in [6.07, 6.45) is -0.892. The van der Waals surface area contributed by atoms with Crippen LogP contribution < -0.4 is 37.6 Å². The third-order valence-corrected chi connectivity index (χ3v) is 15.6. The van der Waals surface area contributed by atoms with Crippen molar-refractivity contribution in [1.82, 2.24) is 41.3 Å². The monoisotopic (exact) mass is 1160 g/mol. The SMILES string of the molecule is CC[C@H](C)[C@@H]([C@@H](CC(=O)N1CCC[C@H]1[C@H](OC)[C@@H](C)C(=O)N[C@H](C)[C@@H](O)c1ccccc1)OC)N(C)C(=O)[C@@H](NC(=O)C(C(C)C)N(C)C(=O)OCc1ccc(NC(=O)[C@H](CCCNC(N)=O)NC(=O)[C@H](NC(C)=O)C(C)C)cc1)C(C)C. The van der Waals surface area contributed by atoms with E-state index in [0.717, 1.165) is 0 Å². The number of aliphatic hydroxyl groups is 1. The summed E-state index contributed by atoms with van der Waals surface area (Å²) in [5, 5.41) is 27.4. The maximum atomic E-state index is 14.7. The van der Waals surface area contributed by atoms with E-state index in [0.29, 0.717) is 49.0 Å². The number of carbonyl (C=O) groups excluding carboxylic acids is 9. The van der Waals surface area contributed by atoms with Crippen molar-refractivity contribution in [1.29, 1.82) is 0 Å². The molecule has 2 aromatic carbocycles. The summed E-state index contributed by atoms with van der Waals surface area (Å²) in [6.45, 7) is 19.8. The first-order chi connectivity index (χ1) is 39.1. The minimum Gasteiger partial charge on any atom is -0.445 e. The first kappa shape index (κ1) is 70.4. The number of primary amides is 1. The Labute approximate surface area is 491 Å². The zero-order valence-corrected chi connectivity index (χ0v) is 51.5. The summed E-state index contributed by atoms with van der Waals surface area (Å²) in [4.78, 5) is 125. The van der Waals surface area contributed by atoms with E-state index < -0.39 is 120 Å². The van der Waals surface area contributed by atoms with Gasteiger partial charge in [0.05, 0.1) is 48.8 Å². The fraction of sp³-hybridized carbons (Fsp3) is 0.650. The molecule has 0 radical (unpaired) electrons. The molecule has 83 heavy (non-hydrogen) atoms. The van der Waals surface area contributed by atoms with E-state index in [1.807, 2.05) is 32.0 Å². The van der Waals surface area contributed by atoms with Gasteiger partial charge in [-0.1, -0.05) is 111 Å². The number of methoxy groups -OCH3 is 2. The smallest absolute Gasteiger partial charge is 0.410 e. The van der Waals surface area contributed by atoms with E-state index in [1.165, 1.54) is 33.1 Å². The molecular formula is C60H96N10O13. The molecule has 1 saturated heterocycles. The number of hydrogen-bond donors (Lipinski definition) is 8. The van der Waals surface area contributed by atoms with Gasteiger partial charge in [0.1, 0.15) is 30.8 Å². The minimum atomic E-state index is -1.06. The predicted octanol–water partition coefficient (Wildman–Crippen LogP) is 4.61. The largest absolute Gasteiger partial charge is 0.445 e. The highest BCUT2D eigenvalue weighted by atomic mass is 16.6. The lowest BCUT2D eigenvalue weighted by atomic mass is 9.89. The molecule has 1 fully saturated rings. The van der Waals surface area contributed by atoms with Crippen LogP contribution >= 0.6 is 0 Å². The molecule has 1 unspecified atom stereocenters. The average Bonchev–Trinajstić information content (AvgIpc) is 4.01. The van der Waals surface area contributed by atoms with Crippen LogP contribution in [0.25, 0.3) is 0 Å². The number of likely N-dealkylation sites (tertiary alicyclic amines) is 1. The third kappa shape index (κ3) is 20.8. The molecule has 0 aliphatic carbocycles. The standard InChI is InChI=1S/C60H96N10O13/c1-16-37(8)51(46(81-14)32-47(72)70-31-21-25-45(70)53(82-15)38(9)54(74)63-39(10)52(73)42-22-18-17-19-23-42)68(12)58(78)49(35(4)5)67-57(77)50(36(6)7)69(13)60(80)83-33-41-26-28-43(29-27-41)65-55(75)44(24-20-30-62-59(61)79)66-56(76)48(34(2)3)64-40(11)71/h17-19,22-23,26-29,34-39,44-46,48-53,73H,16,20-21,24-25,30-33H2,1-15H3,(H,63,74)(H,64,71)(H,65,75)(H,66,76)(H,67,77)(H3,61,62,79)/t37-,38+,39+,44-,45-,46+,48+,49-,50?,51-,52+,53+/m0/s1. The molecule has 464 valence electrons. The second-order valence-corrected chi connectivity index (χ2v) is 22.9. The molecule has 0 aromatic heterocycles. The zero-order chi connectivity index (χ0) is 62.4. The summed E-state index contributed by atoms with van der Waals surface area (Å²) in [5.41, 5.74) is 6.77. The van der Waals surface area contributed by atoms with Gasteiger partial charge in [0.2, 0.25) is 41.4 Å². The molecule has 23 nitrogen and oxygen atoms in total. The topological polar surface area (TPSA) is 309 Å². The van der Waals surface area contributed by atoms with Crippen LogP contribution in [0.5, 0.6) is 0 Å². The molecule has 10 amide bonds. The molecule has 3 rings (SSSR count). The average molecular weight is 1170 g/mol. The molecule has 0 bridgehead atoms. The van der Waals surface area contributed by atoms with Gasteiger partial charge in [0.25, 0.3) is 0 Å². The number of ether oxygens (including phenoxy) is 3. The van der Waals surface area contributed by atoms with E-state index in [4.69, 9.17) is 19.9 Å². The molecule has 9 N–H and O–H groups in total. The van der Waals surface area contributed by atoms with Crippen molar-refractivity contribution in [2.75, 3.05) is 46.7 Å². The summed E-state index contributed by atoms with van der Waals surface area (Å²) in [6, 6.07) is 9.08. The maximum Gasteiger partial charge on any atom is 0.410 e. The number of aliphatic hydroxyl groups excluding tert-OH is 1. The molecule has 2 aromatic rings. The van der Waals surface area contributed by atoms with E-state index in [-0.39, 0.29) is 49.6 Å². The molecule has 0 saturated carbocycles. The van der Waals surface area contributed by atoms with Crippen LogP contribution in [0.2, 0.25) is 0 Å². The van der Waals surface area contributed by atoms with Crippen LogP contribution in [0.15, 0.2) is 54.6 Å². The van der Waals surface area contributed by atoms with Gasteiger partial charge >= 0.3 is 12.1 Å². The van der Waals surface area contributed by atoms with Crippen molar-refractivity contribution < 1.29 is 62.5 Å². The second kappa shape index (κ2) is 34.1. The van der Waals surface area contributed by atoms with E-state index in [1.54, 1.807) is 109 Å². The number of nitrogens with zero attached hydrogens (tertiary/aromatic N) is 3. The van der Waals surface area contributed by atoms with Gasteiger partial charge in [0.15, 0.2) is 0 Å². The lowest BCUT2D eigenvalue weighted by Crippen LogP contribution is -2.60. The molecule has 1 aliphatic heterocycles. The Balaban J connectivity index is 1.71. The van der Waals surface area contributed by atoms with Crippen LogP contribution in [0.1, 0.15) is 132 Å². The fourth-order valence-corrected chi connectivity index (χ4v) is 10.7. The van der Waals surface area contributed by atoms with Crippen LogP contribution in [0.4, 0.5) is 15.3 Å². The van der Waals surface area contributed by atoms with Crippen LogP contribution in [0.3, 0.4) is 0 Å². The summed E-state index contributed by atoms with van der Waals surface area (Å²) in [7, 11) is 6.10. The summed E-state index contributed by atoms with van der Waals surface area (Å²) in [5.74, 6) is -5.01. The second-order valence-electron chi connectivity index (χ2n) is 22.9. The lowest BCUT2D eigenvalue weighted by molar-refractivity contribution is -0.148. The number of benzene rings is 2. The number of likely N-dealkylation sites (N-methyl/N-ethyl adjacent to an activating group) is 2. The quantitative estimate of drug-likeness (QED) is 0.0465. The normalized spacial score (nSPS) is 17.3. The van der Waals surface area contributed by atoms with Gasteiger partial charge in [-0.3, -0.25) is 38.5 Å². The summed E-state index contributed by atoms with van der Waals surface area (Å²) >= 11 is 0. The molecule has 1 heterocycles.